The molecule has 4 nitrogen and oxygen atoms in total. The molecule has 13 heavy (non-hydrogen) atoms. The monoisotopic (exact) mass is 178 g/mol. The second-order valence-electron chi connectivity index (χ2n) is 3.47. The van der Waals surface area contributed by atoms with Gasteiger partial charge in [0.25, 0.3) is 0 Å². The summed E-state index contributed by atoms with van der Waals surface area (Å²) in [5.41, 5.74) is 6.04. The number of hydrogen-bond acceptors (Lipinski definition) is 3. The molecule has 0 radical (unpaired) electrons. The van der Waals surface area contributed by atoms with Crippen LogP contribution in [-0.4, -0.2) is 9.78 Å². The van der Waals surface area contributed by atoms with Crippen LogP contribution in [0.15, 0.2) is 6.07 Å². The summed E-state index contributed by atoms with van der Waals surface area (Å²) >= 11 is 0. The Bertz CT molecular complexity index is 319. The lowest BCUT2D eigenvalue weighted by molar-refractivity contribution is 0.491. The van der Waals surface area contributed by atoms with Gasteiger partial charge in [0, 0.05) is 12.6 Å². The minimum Gasteiger partial charge on any atom is -0.384 e. The molecule has 0 amide bonds. The molecule has 0 fully saturated rings. The lowest BCUT2D eigenvalue weighted by Crippen LogP contribution is -2.06. The fourth-order valence-electron chi connectivity index (χ4n) is 1.05. The van der Waals surface area contributed by atoms with E-state index in [1.807, 2.05) is 6.07 Å². The number of rotatable bonds is 3. The molecule has 0 saturated carbocycles. The third-order valence-corrected chi connectivity index (χ3v) is 1.84. The van der Waals surface area contributed by atoms with E-state index in [1.54, 1.807) is 10.7 Å². The van der Waals surface area contributed by atoms with Gasteiger partial charge in [-0.3, -0.25) is 0 Å². The minimum atomic E-state index is 0.390. The van der Waals surface area contributed by atoms with Gasteiger partial charge in [-0.05, 0) is 12.3 Å². The number of nitrogens with two attached hydrogens (primary N) is 1. The maximum absolute atomic E-state index is 8.57. The van der Waals surface area contributed by atoms with E-state index in [0.717, 1.165) is 13.0 Å². The second-order valence-corrected chi connectivity index (χ2v) is 3.47. The summed E-state index contributed by atoms with van der Waals surface area (Å²) in [7, 11) is 0. The first-order valence-corrected chi connectivity index (χ1v) is 4.37. The molecule has 0 bridgehead atoms. The molecule has 0 aliphatic rings. The largest absolute Gasteiger partial charge is 0.384 e. The van der Waals surface area contributed by atoms with Crippen LogP contribution >= 0.6 is 0 Å². The molecule has 0 aliphatic heterocycles. The highest BCUT2D eigenvalue weighted by atomic mass is 15.3. The molecule has 1 rings (SSSR count). The van der Waals surface area contributed by atoms with Gasteiger partial charge >= 0.3 is 0 Å². The average molecular weight is 178 g/mol. The molecule has 0 aromatic carbocycles. The van der Waals surface area contributed by atoms with E-state index in [0.29, 0.717) is 17.4 Å². The first-order valence-electron chi connectivity index (χ1n) is 4.37. The minimum absolute atomic E-state index is 0.390. The highest BCUT2D eigenvalue weighted by molar-refractivity contribution is 5.36. The van der Waals surface area contributed by atoms with Crippen LogP contribution in [0.3, 0.4) is 0 Å². The van der Waals surface area contributed by atoms with Crippen LogP contribution in [0.25, 0.3) is 0 Å². The van der Waals surface area contributed by atoms with Crippen molar-refractivity contribution in [3.05, 3.63) is 11.8 Å². The van der Waals surface area contributed by atoms with Gasteiger partial charge in [0.05, 0.1) is 0 Å². The molecule has 2 N–H and O–H groups in total. The maximum atomic E-state index is 8.57. The van der Waals surface area contributed by atoms with Crippen molar-refractivity contribution < 1.29 is 0 Å². The SMILES string of the molecule is CC(C)CCn1nc(C#N)cc1N. The Morgan fingerprint density at radius 2 is 2.38 bits per heavy atom. The third-order valence-electron chi connectivity index (χ3n) is 1.84. The van der Waals surface area contributed by atoms with E-state index in [4.69, 9.17) is 11.0 Å². The van der Waals surface area contributed by atoms with Gasteiger partial charge in [-0.25, -0.2) is 4.68 Å². The molecule has 70 valence electrons. The van der Waals surface area contributed by atoms with Crippen LogP contribution in [0.4, 0.5) is 5.82 Å². The molecular formula is C9H14N4. The van der Waals surface area contributed by atoms with Crippen molar-refractivity contribution in [1.82, 2.24) is 9.78 Å². The summed E-state index contributed by atoms with van der Waals surface area (Å²) in [6.45, 7) is 5.07. The van der Waals surface area contributed by atoms with Crippen LogP contribution in [0.1, 0.15) is 26.0 Å². The first kappa shape index (κ1) is 9.59. The van der Waals surface area contributed by atoms with Crippen LogP contribution < -0.4 is 5.73 Å². The maximum Gasteiger partial charge on any atom is 0.164 e. The van der Waals surface area contributed by atoms with Crippen molar-refractivity contribution in [1.29, 1.82) is 5.26 Å². The lowest BCUT2D eigenvalue weighted by atomic mass is 10.1. The number of nitriles is 1. The Hall–Kier alpha value is -1.50. The second kappa shape index (κ2) is 3.94. The molecular weight excluding hydrogens is 164 g/mol. The number of nitrogens with zero attached hydrogens (tertiary/aromatic N) is 3. The quantitative estimate of drug-likeness (QED) is 0.760. The predicted molar refractivity (Wildman–Crippen MR) is 50.8 cm³/mol. The summed E-state index contributed by atoms with van der Waals surface area (Å²) < 4.78 is 1.68. The Labute approximate surface area is 78.0 Å². The van der Waals surface area contributed by atoms with Gasteiger partial charge in [0.1, 0.15) is 11.9 Å². The molecule has 1 aromatic heterocycles. The predicted octanol–water partition coefficient (Wildman–Crippen LogP) is 1.38. The fourth-order valence-corrected chi connectivity index (χ4v) is 1.05. The number of hydrogen-bond donors (Lipinski definition) is 1. The zero-order chi connectivity index (χ0) is 9.84. The van der Waals surface area contributed by atoms with Crippen molar-refractivity contribution in [3.63, 3.8) is 0 Å². The summed E-state index contributed by atoms with van der Waals surface area (Å²) in [4.78, 5) is 0. The number of nitrogen functional groups attached to an aromatic ring is 1. The normalized spacial score (nSPS) is 10.3. The number of anilines is 1. The van der Waals surface area contributed by atoms with Crippen LogP contribution in [-0.2, 0) is 6.54 Å². The van der Waals surface area contributed by atoms with Crippen molar-refractivity contribution >= 4 is 5.82 Å². The summed E-state index contributed by atoms with van der Waals surface area (Å²) in [5, 5.41) is 12.6. The molecule has 0 atom stereocenters. The van der Waals surface area contributed by atoms with Crippen molar-refractivity contribution in [2.45, 2.75) is 26.8 Å². The number of aryl methyl sites for hydroxylation is 1. The van der Waals surface area contributed by atoms with Crippen LogP contribution in [0.5, 0.6) is 0 Å². The van der Waals surface area contributed by atoms with Crippen molar-refractivity contribution in [2.24, 2.45) is 5.92 Å². The molecule has 1 aromatic rings. The van der Waals surface area contributed by atoms with Gasteiger partial charge < -0.3 is 5.73 Å². The van der Waals surface area contributed by atoms with Crippen LogP contribution in [0.2, 0.25) is 0 Å². The number of aromatic nitrogens is 2. The smallest absolute Gasteiger partial charge is 0.164 e. The van der Waals surface area contributed by atoms with Crippen molar-refractivity contribution in [3.8, 4) is 6.07 Å². The van der Waals surface area contributed by atoms with E-state index in [-0.39, 0.29) is 0 Å². The molecule has 1 heterocycles. The Balaban J connectivity index is 2.67. The van der Waals surface area contributed by atoms with Gasteiger partial charge in [-0.2, -0.15) is 10.4 Å². The summed E-state index contributed by atoms with van der Waals surface area (Å²) in [5.74, 6) is 1.19. The van der Waals surface area contributed by atoms with Gasteiger partial charge in [-0.15, -0.1) is 0 Å². The Kier molecular flexibility index (Phi) is 2.91. The summed E-state index contributed by atoms with van der Waals surface area (Å²) in [6.07, 6.45) is 1.02. The standard InChI is InChI=1S/C9H14N4/c1-7(2)3-4-13-9(11)5-8(6-10)12-13/h5,7H,3-4,11H2,1-2H3. The molecule has 0 aliphatic carbocycles. The first-order chi connectivity index (χ1) is 6.13. The highest BCUT2D eigenvalue weighted by Crippen LogP contribution is 2.08. The van der Waals surface area contributed by atoms with Crippen molar-refractivity contribution in [2.75, 3.05) is 5.73 Å². The van der Waals surface area contributed by atoms with E-state index < -0.39 is 0 Å². The van der Waals surface area contributed by atoms with E-state index in [9.17, 15) is 0 Å². The Morgan fingerprint density at radius 1 is 1.69 bits per heavy atom. The summed E-state index contributed by atoms with van der Waals surface area (Å²) in [6, 6.07) is 3.56. The zero-order valence-electron chi connectivity index (χ0n) is 7.99. The van der Waals surface area contributed by atoms with E-state index in [2.05, 4.69) is 18.9 Å². The average Bonchev–Trinajstić information content (AvgIpc) is 2.43. The van der Waals surface area contributed by atoms with Gasteiger partial charge in [0.2, 0.25) is 0 Å². The van der Waals surface area contributed by atoms with Gasteiger partial charge in [-0.1, -0.05) is 13.8 Å². The molecule has 0 saturated heterocycles. The van der Waals surface area contributed by atoms with Gasteiger partial charge in [0.15, 0.2) is 5.69 Å². The van der Waals surface area contributed by atoms with Crippen LogP contribution in [0, 0.1) is 17.2 Å². The third kappa shape index (κ3) is 2.48. The molecule has 4 heteroatoms. The zero-order valence-corrected chi connectivity index (χ0v) is 7.99. The molecule has 0 spiro atoms. The highest BCUT2D eigenvalue weighted by Gasteiger charge is 2.04. The van der Waals surface area contributed by atoms with E-state index >= 15 is 0 Å². The lowest BCUT2D eigenvalue weighted by Gasteiger charge is -2.05. The van der Waals surface area contributed by atoms with E-state index in [1.165, 1.54) is 0 Å². The fraction of sp³-hybridized carbons (Fsp3) is 0.556. The topological polar surface area (TPSA) is 67.6 Å². The molecule has 0 unspecified atom stereocenters. The Morgan fingerprint density at radius 3 is 2.85 bits per heavy atom.